The molecule has 3 nitrogen and oxygen atoms in total. The fourth-order valence-electron chi connectivity index (χ4n) is 1.49. The Balaban J connectivity index is 2.88. The van der Waals surface area contributed by atoms with Crippen LogP contribution in [-0.4, -0.2) is 16.2 Å². The maximum atomic E-state index is 10.9. The lowest BCUT2D eigenvalue weighted by Crippen LogP contribution is -1.98. The molecule has 0 aliphatic carbocycles. The van der Waals surface area contributed by atoms with Crippen LogP contribution in [-0.2, 0) is 0 Å². The molecule has 0 radical (unpaired) electrons. The van der Waals surface area contributed by atoms with Gasteiger partial charge in [0, 0.05) is 3.57 Å². The van der Waals surface area contributed by atoms with E-state index >= 15 is 0 Å². The van der Waals surface area contributed by atoms with Gasteiger partial charge >= 0.3 is 5.97 Å². The van der Waals surface area contributed by atoms with Gasteiger partial charge in [0.2, 0.25) is 0 Å². The van der Waals surface area contributed by atoms with Crippen molar-refractivity contribution >= 4 is 61.9 Å². The number of rotatable bonds is 1. The van der Waals surface area contributed by atoms with E-state index in [2.05, 4.69) is 22.6 Å². The minimum Gasteiger partial charge on any atom is -0.506 e. The summed E-state index contributed by atoms with van der Waals surface area (Å²) in [6.45, 7) is 0. The molecule has 2 N–H and O–H groups in total. The third-order valence-corrected chi connectivity index (χ3v) is 4.01. The molecule has 0 bridgehead atoms. The number of halogens is 2. The minimum absolute atomic E-state index is 0.0566. The zero-order chi connectivity index (χ0) is 11.9. The van der Waals surface area contributed by atoms with E-state index < -0.39 is 5.97 Å². The third kappa shape index (κ3) is 1.97. The number of benzene rings is 2. The molecule has 0 spiro atoms. The zero-order valence-electron chi connectivity index (χ0n) is 7.87. The highest BCUT2D eigenvalue weighted by atomic mass is 127. The molecule has 0 aliphatic heterocycles. The molecule has 82 valence electrons. The number of aromatic carboxylic acids is 1. The summed E-state index contributed by atoms with van der Waals surface area (Å²) < 4.78 is 1.60. The molecule has 0 fully saturated rings. The summed E-state index contributed by atoms with van der Waals surface area (Å²) in [5.74, 6) is -1.28. The number of phenols is 1. The highest BCUT2D eigenvalue weighted by Crippen LogP contribution is 2.33. The van der Waals surface area contributed by atoms with Gasteiger partial charge in [-0.15, -0.1) is 0 Å². The first-order chi connectivity index (χ1) is 7.50. The van der Waals surface area contributed by atoms with Crippen LogP contribution in [0.25, 0.3) is 10.8 Å². The van der Waals surface area contributed by atoms with Crippen molar-refractivity contribution in [2.24, 2.45) is 0 Å². The normalized spacial score (nSPS) is 10.6. The number of hydrogen-bond acceptors (Lipinski definition) is 2. The van der Waals surface area contributed by atoms with E-state index in [1.807, 2.05) is 40.8 Å². The van der Waals surface area contributed by atoms with Gasteiger partial charge in [0.15, 0.2) is 0 Å². The fourth-order valence-corrected chi connectivity index (χ4v) is 2.78. The van der Waals surface area contributed by atoms with Crippen LogP contribution in [0.3, 0.4) is 0 Å². The molecular weight excluding hydrogens is 434 g/mol. The predicted octanol–water partition coefficient (Wildman–Crippen LogP) is 3.45. The van der Waals surface area contributed by atoms with E-state index in [4.69, 9.17) is 5.11 Å². The van der Waals surface area contributed by atoms with Crippen molar-refractivity contribution in [3.63, 3.8) is 0 Å². The molecule has 0 saturated carbocycles. The smallest absolute Gasteiger partial charge is 0.339 e. The lowest BCUT2D eigenvalue weighted by molar-refractivity contribution is 0.0694. The second-order valence-electron chi connectivity index (χ2n) is 3.26. The molecule has 2 rings (SSSR count). The van der Waals surface area contributed by atoms with Gasteiger partial charge in [-0.05, 0) is 74.2 Å². The standard InChI is InChI=1S/C11H6I2O3/c12-6-1-2-7-5(3-6)4-8(11(15)16)10(14)9(7)13/h1-4,14H,(H,15,16). The molecule has 0 aliphatic rings. The van der Waals surface area contributed by atoms with Gasteiger partial charge in [0.1, 0.15) is 11.3 Å². The van der Waals surface area contributed by atoms with E-state index in [9.17, 15) is 9.90 Å². The van der Waals surface area contributed by atoms with E-state index in [1.165, 1.54) is 6.07 Å². The number of carboxylic acids is 1. The SMILES string of the molecule is O=C(O)c1cc2cc(I)ccc2c(I)c1O. The summed E-state index contributed by atoms with van der Waals surface area (Å²) in [7, 11) is 0. The van der Waals surface area contributed by atoms with Gasteiger partial charge in [0.25, 0.3) is 0 Å². The van der Waals surface area contributed by atoms with E-state index in [0.29, 0.717) is 3.57 Å². The number of hydrogen-bond donors (Lipinski definition) is 2. The lowest BCUT2D eigenvalue weighted by Gasteiger charge is -2.07. The molecule has 5 heteroatoms. The first-order valence-electron chi connectivity index (χ1n) is 4.34. The van der Waals surface area contributed by atoms with Crippen LogP contribution in [0.15, 0.2) is 24.3 Å². The number of carbonyl (C=O) groups is 1. The summed E-state index contributed by atoms with van der Waals surface area (Å²) in [6.07, 6.45) is 0. The number of aromatic hydroxyl groups is 1. The maximum Gasteiger partial charge on any atom is 0.339 e. The summed E-state index contributed by atoms with van der Waals surface area (Å²) in [5, 5.41) is 20.4. The Labute approximate surface area is 119 Å². The first-order valence-corrected chi connectivity index (χ1v) is 6.50. The highest BCUT2D eigenvalue weighted by Gasteiger charge is 2.15. The molecule has 16 heavy (non-hydrogen) atoms. The minimum atomic E-state index is -1.11. The second kappa shape index (κ2) is 4.36. The summed E-state index contributed by atoms with van der Waals surface area (Å²) in [6, 6.07) is 7.19. The van der Waals surface area contributed by atoms with Crippen LogP contribution >= 0.6 is 45.2 Å². The van der Waals surface area contributed by atoms with E-state index in [0.717, 1.165) is 14.3 Å². The van der Waals surface area contributed by atoms with Crippen LogP contribution in [0.2, 0.25) is 0 Å². The number of carboxylic acid groups (broad SMARTS) is 1. The Kier molecular flexibility index (Phi) is 3.24. The lowest BCUT2D eigenvalue weighted by atomic mass is 10.1. The quantitative estimate of drug-likeness (QED) is 0.669. The van der Waals surface area contributed by atoms with Crippen molar-refractivity contribution in [3.8, 4) is 5.75 Å². The van der Waals surface area contributed by atoms with E-state index in [1.54, 1.807) is 0 Å². The first kappa shape index (κ1) is 11.9. The van der Waals surface area contributed by atoms with Crippen molar-refractivity contribution in [2.75, 3.05) is 0 Å². The van der Waals surface area contributed by atoms with Crippen LogP contribution in [0.1, 0.15) is 10.4 Å². The van der Waals surface area contributed by atoms with Crippen molar-refractivity contribution in [1.29, 1.82) is 0 Å². The largest absolute Gasteiger partial charge is 0.506 e. The van der Waals surface area contributed by atoms with Gasteiger partial charge < -0.3 is 10.2 Å². The Bertz CT molecular complexity index is 593. The van der Waals surface area contributed by atoms with Crippen molar-refractivity contribution in [1.82, 2.24) is 0 Å². The van der Waals surface area contributed by atoms with Crippen molar-refractivity contribution in [2.45, 2.75) is 0 Å². The van der Waals surface area contributed by atoms with Gasteiger partial charge in [-0.1, -0.05) is 6.07 Å². The average molecular weight is 440 g/mol. The predicted molar refractivity (Wildman–Crippen MR) is 78.0 cm³/mol. The molecule has 0 amide bonds. The summed E-state index contributed by atoms with van der Waals surface area (Å²) in [5.41, 5.74) is -0.0566. The van der Waals surface area contributed by atoms with Gasteiger partial charge in [-0.25, -0.2) is 4.79 Å². The third-order valence-electron chi connectivity index (χ3n) is 2.24. The number of fused-ring (bicyclic) bond motifs is 1. The Morgan fingerprint density at radius 2 is 1.88 bits per heavy atom. The van der Waals surface area contributed by atoms with Gasteiger partial charge in [-0.3, -0.25) is 0 Å². The summed E-state index contributed by atoms with van der Waals surface area (Å²) in [4.78, 5) is 10.9. The molecule has 0 saturated heterocycles. The monoisotopic (exact) mass is 440 g/mol. The fraction of sp³-hybridized carbons (Fsp3) is 0. The average Bonchev–Trinajstić information content (AvgIpc) is 2.22. The second-order valence-corrected chi connectivity index (χ2v) is 5.58. The molecule has 0 atom stereocenters. The van der Waals surface area contributed by atoms with Crippen molar-refractivity contribution < 1.29 is 15.0 Å². The van der Waals surface area contributed by atoms with Crippen LogP contribution in [0.5, 0.6) is 5.75 Å². The van der Waals surface area contributed by atoms with Crippen molar-refractivity contribution in [3.05, 3.63) is 37.0 Å². The summed E-state index contributed by atoms with van der Waals surface area (Å²) >= 11 is 4.12. The Hall–Kier alpha value is -0.570. The molecule has 0 unspecified atom stereocenters. The topological polar surface area (TPSA) is 57.5 Å². The molecule has 2 aromatic carbocycles. The molecule has 2 aromatic rings. The molecular formula is C11H6I2O3. The van der Waals surface area contributed by atoms with Crippen LogP contribution < -0.4 is 0 Å². The maximum absolute atomic E-state index is 10.9. The van der Waals surface area contributed by atoms with Gasteiger partial charge in [0.05, 0.1) is 3.57 Å². The molecule has 0 heterocycles. The van der Waals surface area contributed by atoms with Crippen LogP contribution in [0.4, 0.5) is 0 Å². The van der Waals surface area contributed by atoms with E-state index in [-0.39, 0.29) is 11.3 Å². The van der Waals surface area contributed by atoms with Gasteiger partial charge in [-0.2, -0.15) is 0 Å². The van der Waals surface area contributed by atoms with Crippen LogP contribution in [0, 0.1) is 7.14 Å². The Morgan fingerprint density at radius 1 is 1.19 bits per heavy atom. The highest BCUT2D eigenvalue weighted by molar-refractivity contribution is 14.1. The zero-order valence-corrected chi connectivity index (χ0v) is 12.2. The molecule has 0 aromatic heterocycles. The Morgan fingerprint density at radius 3 is 2.50 bits per heavy atom.